The van der Waals surface area contributed by atoms with Crippen molar-refractivity contribution in [2.24, 2.45) is 0 Å². The number of benzene rings is 2. The van der Waals surface area contributed by atoms with Crippen LogP contribution in [0.4, 0.5) is 0 Å². The second-order valence-electron chi connectivity index (χ2n) is 3.18. The zero-order valence-corrected chi connectivity index (χ0v) is 10.9. The zero-order valence-electron chi connectivity index (χ0n) is 7.74. The summed E-state index contributed by atoms with van der Waals surface area (Å²) in [5.41, 5.74) is 2.19. The molecule has 0 atom stereocenters. The number of halogens is 2. The topological polar surface area (TPSA) is 20.2 Å². The fourth-order valence-corrected chi connectivity index (χ4v) is 2.13. The number of hydrogen-bond acceptors (Lipinski definition) is 1. The molecular formula is C12H8Br2O. The lowest BCUT2D eigenvalue weighted by molar-refractivity contribution is 0.472. The van der Waals surface area contributed by atoms with Crippen LogP contribution in [0, 0.1) is 0 Å². The second kappa shape index (κ2) is 4.37. The van der Waals surface area contributed by atoms with Crippen molar-refractivity contribution in [2.75, 3.05) is 0 Å². The number of hydrogen-bond donors (Lipinski definition) is 1. The lowest BCUT2D eigenvalue weighted by Gasteiger charge is -2.04. The Morgan fingerprint density at radius 1 is 0.867 bits per heavy atom. The van der Waals surface area contributed by atoms with Gasteiger partial charge in [-0.25, -0.2) is 0 Å². The van der Waals surface area contributed by atoms with Crippen molar-refractivity contribution >= 4 is 31.9 Å². The maximum atomic E-state index is 9.39. The molecule has 3 heteroatoms. The predicted octanol–water partition coefficient (Wildman–Crippen LogP) is 4.58. The van der Waals surface area contributed by atoms with Gasteiger partial charge in [0, 0.05) is 4.47 Å². The van der Waals surface area contributed by atoms with Crippen LogP contribution in [0.5, 0.6) is 5.75 Å². The van der Waals surface area contributed by atoms with Crippen LogP contribution in [0.25, 0.3) is 11.1 Å². The highest BCUT2D eigenvalue weighted by Gasteiger charge is 2.02. The third kappa shape index (κ3) is 2.41. The van der Waals surface area contributed by atoms with Gasteiger partial charge in [0.1, 0.15) is 5.75 Å². The van der Waals surface area contributed by atoms with E-state index in [1.54, 1.807) is 6.07 Å². The van der Waals surface area contributed by atoms with Crippen LogP contribution < -0.4 is 0 Å². The van der Waals surface area contributed by atoms with E-state index in [-0.39, 0.29) is 5.75 Å². The smallest absolute Gasteiger partial charge is 0.129 e. The number of phenols is 1. The van der Waals surface area contributed by atoms with E-state index in [9.17, 15) is 5.11 Å². The summed E-state index contributed by atoms with van der Waals surface area (Å²) in [6.45, 7) is 0. The Balaban J connectivity index is 2.50. The van der Waals surface area contributed by atoms with Crippen LogP contribution in [-0.4, -0.2) is 5.11 Å². The summed E-state index contributed by atoms with van der Waals surface area (Å²) in [5, 5.41) is 9.39. The van der Waals surface area contributed by atoms with E-state index < -0.39 is 0 Å². The summed E-state index contributed by atoms with van der Waals surface area (Å²) in [6, 6.07) is 13.5. The fraction of sp³-hybridized carbons (Fsp3) is 0. The van der Waals surface area contributed by atoms with Gasteiger partial charge in [0.15, 0.2) is 0 Å². The highest BCUT2D eigenvalue weighted by Crippen LogP contribution is 2.30. The summed E-state index contributed by atoms with van der Waals surface area (Å²) in [7, 11) is 0. The molecule has 1 nitrogen and oxygen atoms in total. The van der Waals surface area contributed by atoms with E-state index in [4.69, 9.17) is 0 Å². The van der Waals surface area contributed by atoms with Crippen LogP contribution >= 0.6 is 31.9 Å². The number of aromatic hydroxyl groups is 1. The molecule has 0 radical (unpaired) electrons. The summed E-state index contributed by atoms with van der Waals surface area (Å²) in [5.74, 6) is 0.258. The van der Waals surface area contributed by atoms with Crippen molar-refractivity contribution in [2.45, 2.75) is 0 Å². The highest BCUT2D eigenvalue weighted by molar-refractivity contribution is 9.10. The third-order valence-electron chi connectivity index (χ3n) is 2.11. The van der Waals surface area contributed by atoms with E-state index in [1.807, 2.05) is 36.4 Å². The first kappa shape index (κ1) is 10.7. The minimum absolute atomic E-state index is 0.258. The summed E-state index contributed by atoms with van der Waals surface area (Å²) < 4.78 is 1.75. The second-order valence-corrected chi connectivity index (χ2v) is 4.95. The molecule has 0 unspecified atom stereocenters. The Kier molecular flexibility index (Phi) is 3.12. The third-order valence-corrected chi connectivity index (χ3v) is 3.23. The molecule has 76 valence electrons. The van der Waals surface area contributed by atoms with Gasteiger partial charge in [-0.05, 0) is 51.3 Å². The average molecular weight is 328 g/mol. The van der Waals surface area contributed by atoms with Crippen LogP contribution in [0.3, 0.4) is 0 Å². The van der Waals surface area contributed by atoms with Crippen molar-refractivity contribution in [1.82, 2.24) is 0 Å². The Morgan fingerprint density at radius 3 is 2.27 bits per heavy atom. The molecule has 2 rings (SSSR count). The molecule has 0 bridgehead atoms. The van der Waals surface area contributed by atoms with Crippen molar-refractivity contribution in [3.8, 4) is 16.9 Å². The van der Waals surface area contributed by atoms with Gasteiger partial charge in [-0.1, -0.05) is 34.1 Å². The molecule has 0 aliphatic rings. The molecule has 15 heavy (non-hydrogen) atoms. The van der Waals surface area contributed by atoms with Crippen LogP contribution in [0.1, 0.15) is 0 Å². The maximum absolute atomic E-state index is 9.39. The molecule has 2 aromatic carbocycles. The van der Waals surface area contributed by atoms with Crippen LogP contribution in [0.2, 0.25) is 0 Å². The van der Waals surface area contributed by atoms with E-state index in [2.05, 4.69) is 31.9 Å². The van der Waals surface area contributed by atoms with Crippen molar-refractivity contribution in [3.63, 3.8) is 0 Å². The molecule has 0 amide bonds. The van der Waals surface area contributed by atoms with Gasteiger partial charge in [0.05, 0.1) is 4.47 Å². The van der Waals surface area contributed by atoms with Crippen molar-refractivity contribution in [3.05, 3.63) is 51.4 Å². The minimum Gasteiger partial charge on any atom is -0.507 e. The minimum atomic E-state index is 0.258. The van der Waals surface area contributed by atoms with Gasteiger partial charge < -0.3 is 5.11 Å². The maximum Gasteiger partial charge on any atom is 0.129 e. The normalized spacial score (nSPS) is 10.3. The van der Waals surface area contributed by atoms with Crippen molar-refractivity contribution < 1.29 is 5.11 Å². The largest absolute Gasteiger partial charge is 0.507 e. The zero-order chi connectivity index (χ0) is 10.8. The Bertz CT molecular complexity index is 495. The van der Waals surface area contributed by atoms with E-state index in [0.29, 0.717) is 4.47 Å². The molecule has 0 saturated carbocycles. The van der Waals surface area contributed by atoms with Gasteiger partial charge in [-0.3, -0.25) is 0 Å². The molecule has 0 aliphatic heterocycles. The van der Waals surface area contributed by atoms with Gasteiger partial charge >= 0.3 is 0 Å². The molecule has 0 aliphatic carbocycles. The van der Waals surface area contributed by atoms with Crippen LogP contribution in [-0.2, 0) is 0 Å². The molecule has 0 saturated heterocycles. The lowest BCUT2D eigenvalue weighted by Crippen LogP contribution is -1.78. The SMILES string of the molecule is Oc1ccc(-c2cccc(Br)c2)cc1Br. The number of rotatable bonds is 1. The lowest BCUT2D eigenvalue weighted by atomic mass is 10.1. The molecule has 1 N–H and O–H groups in total. The van der Waals surface area contributed by atoms with Gasteiger partial charge in [-0.2, -0.15) is 0 Å². The first-order valence-electron chi connectivity index (χ1n) is 4.41. The quantitative estimate of drug-likeness (QED) is 0.812. The first-order chi connectivity index (χ1) is 7.16. The van der Waals surface area contributed by atoms with Gasteiger partial charge in [-0.15, -0.1) is 0 Å². The summed E-state index contributed by atoms with van der Waals surface area (Å²) in [6.07, 6.45) is 0. The molecule has 0 aromatic heterocycles. The van der Waals surface area contributed by atoms with E-state index in [1.165, 1.54) is 0 Å². The highest BCUT2D eigenvalue weighted by atomic mass is 79.9. The van der Waals surface area contributed by atoms with Gasteiger partial charge in [0.2, 0.25) is 0 Å². The Morgan fingerprint density at radius 2 is 1.60 bits per heavy atom. The molecule has 0 fully saturated rings. The van der Waals surface area contributed by atoms with E-state index >= 15 is 0 Å². The average Bonchev–Trinajstić information content (AvgIpc) is 2.22. The summed E-state index contributed by atoms with van der Waals surface area (Å²) in [4.78, 5) is 0. The molecule has 0 heterocycles. The Labute approximate surface area is 105 Å². The first-order valence-corrected chi connectivity index (χ1v) is 6.00. The number of phenolic OH excluding ortho intramolecular Hbond substituents is 1. The van der Waals surface area contributed by atoms with Crippen LogP contribution in [0.15, 0.2) is 51.4 Å². The molecule has 2 aromatic rings. The molecule has 0 spiro atoms. The molecular weight excluding hydrogens is 320 g/mol. The van der Waals surface area contributed by atoms with Crippen molar-refractivity contribution in [1.29, 1.82) is 0 Å². The van der Waals surface area contributed by atoms with Gasteiger partial charge in [0.25, 0.3) is 0 Å². The predicted molar refractivity (Wildman–Crippen MR) is 68.9 cm³/mol. The standard InChI is InChI=1S/C12H8Br2O/c13-10-3-1-2-8(6-10)9-4-5-12(15)11(14)7-9/h1-7,15H. The fourth-order valence-electron chi connectivity index (χ4n) is 1.35. The van der Waals surface area contributed by atoms with E-state index in [0.717, 1.165) is 15.6 Å². The summed E-state index contributed by atoms with van der Waals surface area (Å²) >= 11 is 6.73. The Hall–Kier alpha value is -0.800. The monoisotopic (exact) mass is 326 g/mol.